The lowest BCUT2D eigenvalue weighted by Crippen LogP contribution is -2.67. The average molecular weight is 742 g/mol. The second kappa shape index (κ2) is 21.8. The van der Waals surface area contributed by atoms with E-state index in [4.69, 9.17) is 39.8 Å². The van der Waals surface area contributed by atoms with E-state index in [1.807, 2.05) is 0 Å². The van der Waals surface area contributed by atoms with Crippen molar-refractivity contribution >= 4 is 26.4 Å². The number of unbranched alkanes of at least 4 members (excludes halogenated alkanes) is 6. The van der Waals surface area contributed by atoms with Gasteiger partial charge >= 0.3 is 43.5 Å². The predicted octanol–water partition coefficient (Wildman–Crippen LogP) is 3.79. The smallest absolute Gasteiger partial charge is 0.376 e. The molecule has 1 aromatic rings. The average Bonchev–Trinajstić information content (AvgIpc) is 3.10. The fraction of sp³-hybridized carbons (Fsp3) is 0.900. The Morgan fingerprint density at radius 1 is 0.396 bits per heavy atom. The molecule has 0 amide bonds. The molecule has 0 aliphatic heterocycles. The van der Waals surface area contributed by atoms with E-state index in [1.165, 1.54) is 64.0 Å². The molecule has 1 heterocycles. The number of nitrogens with zero attached hydrogens (tertiary/aromatic N) is 3. The lowest BCUT2D eigenvalue weighted by atomic mass is 10.2. The predicted molar refractivity (Wildman–Crippen MR) is 189 cm³/mol. The van der Waals surface area contributed by atoms with E-state index >= 15 is 0 Å². The monoisotopic (exact) mass is 741 g/mol. The molecule has 0 radical (unpaired) electrons. The first-order valence-electron chi connectivity index (χ1n) is 17.0. The van der Waals surface area contributed by atoms with Crippen LogP contribution < -0.4 is 17.1 Å². The Bertz CT molecular complexity index is 1030. The Balaban J connectivity index is 4.70. The summed E-state index contributed by atoms with van der Waals surface area (Å²) in [6, 6.07) is 0. The van der Waals surface area contributed by atoms with Crippen LogP contribution in [0.25, 0.3) is 0 Å². The maximum atomic E-state index is 15.0. The standard InChI is InChI=1S/C30H63N3O12Si3/c1-13-16-19-22-25(46(37-4,38-5)39-6)31-28(34)32(26(23-20-17-14-2)47(40-7,41-8)42-9)30(36)33(29(31)35)27(24-21-18-15-3)48(43-10,44-11)45-12/h25-27H,13-24H2,1-12H3. The Kier molecular flexibility index (Phi) is 20.3. The quantitative estimate of drug-likeness (QED) is 0.0954. The van der Waals surface area contributed by atoms with Gasteiger partial charge in [0, 0.05) is 64.0 Å². The fourth-order valence-electron chi connectivity index (χ4n) is 6.52. The highest BCUT2D eigenvalue weighted by molar-refractivity contribution is 6.62. The van der Waals surface area contributed by atoms with E-state index < -0.39 is 60.5 Å². The van der Waals surface area contributed by atoms with E-state index in [1.54, 1.807) is 0 Å². The van der Waals surface area contributed by atoms with Crippen LogP contribution in [0.4, 0.5) is 0 Å². The van der Waals surface area contributed by atoms with Crippen molar-refractivity contribution in [2.45, 2.75) is 115 Å². The summed E-state index contributed by atoms with van der Waals surface area (Å²) < 4.78 is 56.4. The van der Waals surface area contributed by atoms with Crippen LogP contribution in [-0.2, 0) is 39.8 Å². The van der Waals surface area contributed by atoms with Crippen LogP contribution in [0.2, 0.25) is 0 Å². The van der Waals surface area contributed by atoms with Crippen LogP contribution in [0.15, 0.2) is 14.4 Å². The maximum absolute atomic E-state index is 15.0. The van der Waals surface area contributed by atoms with Gasteiger partial charge in [-0.1, -0.05) is 78.6 Å². The van der Waals surface area contributed by atoms with Gasteiger partial charge in [0.2, 0.25) is 0 Å². The van der Waals surface area contributed by atoms with Gasteiger partial charge in [-0.3, -0.25) is 0 Å². The highest BCUT2D eigenvalue weighted by Crippen LogP contribution is 2.31. The first-order chi connectivity index (χ1) is 23.0. The van der Waals surface area contributed by atoms with Crippen molar-refractivity contribution in [3.8, 4) is 0 Å². The number of hydrogen-bond donors (Lipinski definition) is 0. The highest BCUT2D eigenvalue weighted by atomic mass is 28.4. The fourth-order valence-corrected chi connectivity index (χ4v) is 13.8. The van der Waals surface area contributed by atoms with Gasteiger partial charge in [-0.15, -0.1) is 0 Å². The molecule has 0 aliphatic rings. The lowest BCUT2D eigenvalue weighted by molar-refractivity contribution is 0.0857. The second-order valence-electron chi connectivity index (χ2n) is 11.6. The Labute approximate surface area is 289 Å². The first-order valence-corrected chi connectivity index (χ1v) is 22.4. The van der Waals surface area contributed by atoms with Crippen LogP contribution in [0.5, 0.6) is 0 Å². The Hall–Kier alpha value is -1.30. The summed E-state index contributed by atoms with van der Waals surface area (Å²) in [5, 5.41) is 0. The van der Waals surface area contributed by atoms with Gasteiger partial charge in [0.05, 0.1) is 0 Å². The molecule has 3 atom stereocenters. The summed E-state index contributed by atoms with van der Waals surface area (Å²) in [6.07, 6.45) is 7.97. The minimum atomic E-state index is -3.77. The molecule has 0 saturated carbocycles. The summed E-state index contributed by atoms with van der Waals surface area (Å²) in [7, 11) is 1.61. The van der Waals surface area contributed by atoms with E-state index in [-0.39, 0.29) is 0 Å². The van der Waals surface area contributed by atoms with Gasteiger partial charge in [-0.25, -0.2) is 28.1 Å². The first kappa shape index (κ1) is 44.7. The summed E-state index contributed by atoms with van der Waals surface area (Å²) in [4.78, 5) is 44.9. The number of hydrogen-bond acceptors (Lipinski definition) is 12. The molecule has 0 fully saturated rings. The van der Waals surface area contributed by atoms with Crippen molar-refractivity contribution in [1.29, 1.82) is 0 Å². The van der Waals surface area contributed by atoms with Gasteiger partial charge < -0.3 is 39.8 Å². The zero-order valence-electron chi connectivity index (χ0n) is 31.5. The molecule has 0 saturated heterocycles. The SMILES string of the molecule is CCCCCC(n1c(=O)n(C(CCCCC)[Si](OC)(OC)OC)c(=O)n(C(CCCCC)[Si](OC)(OC)OC)c1=O)[Si](OC)(OC)OC. The van der Waals surface area contributed by atoms with Gasteiger partial charge in [0.1, 0.15) is 17.0 Å². The van der Waals surface area contributed by atoms with Crippen molar-refractivity contribution < 1.29 is 39.8 Å². The third-order valence-corrected chi connectivity index (χ3v) is 18.4. The molecular formula is C30H63N3O12Si3. The van der Waals surface area contributed by atoms with Crippen molar-refractivity contribution in [2.75, 3.05) is 64.0 Å². The molecule has 18 heteroatoms. The number of rotatable bonds is 27. The molecule has 0 spiro atoms. The van der Waals surface area contributed by atoms with Crippen molar-refractivity contribution in [3.63, 3.8) is 0 Å². The normalized spacial score (nSPS) is 14.8. The van der Waals surface area contributed by atoms with Gasteiger partial charge in [-0.05, 0) is 19.3 Å². The summed E-state index contributed by atoms with van der Waals surface area (Å²) >= 11 is 0. The van der Waals surface area contributed by atoms with Crippen molar-refractivity contribution in [3.05, 3.63) is 31.5 Å². The molecule has 1 aromatic heterocycles. The van der Waals surface area contributed by atoms with Gasteiger partial charge in [-0.2, -0.15) is 0 Å². The zero-order valence-corrected chi connectivity index (χ0v) is 34.5. The van der Waals surface area contributed by atoms with E-state index in [0.29, 0.717) is 38.5 Å². The topological polar surface area (TPSA) is 149 Å². The molecule has 48 heavy (non-hydrogen) atoms. The minimum absolute atomic E-state index is 0.312. The largest absolute Gasteiger partial charge is 0.524 e. The molecule has 0 aliphatic carbocycles. The third-order valence-electron chi connectivity index (χ3n) is 9.20. The van der Waals surface area contributed by atoms with E-state index in [9.17, 15) is 14.4 Å². The molecule has 282 valence electrons. The van der Waals surface area contributed by atoms with Crippen molar-refractivity contribution in [2.24, 2.45) is 0 Å². The Morgan fingerprint density at radius 3 is 0.729 bits per heavy atom. The van der Waals surface area contributed by atoms with Crippen molar-refractivity contribution in [1.82, 2.24) is 13.7 Å². The summed E-state index contributed by atoms with van der Waals surface area (Å²) in [6.45, 7) is 6.16. The lowest BCUT2D eigenvalue weighted by Gasteiger charge is -2.38. The highest BCUT2D eigenvalue weighted by Gasteiger charge is 2.55. The molecule has 15 nitrogen and oxygen atoms in total. The van der Waals surface area contributed by atoms with E-state index in [0.717, 1.165) is 52.2 Å². The minimum Gasteiger partial charge on any atom is -0.376 e. The van der Waals surface area contributed by atoms with E-state index in [2.05, 4.69) is 20.8 Å². The molecular weight excluding hydrogens is 679 g/mol. The molecule has 1 rings (SSSR count). The number of aromatic nitrogens is 3. The van der Waals surface area contributed by atoms with Crippen LogP contribution in [0, 0.1) is 0 Å². The second-order valence-corrected chi connectivity index (χ2v) is 20.9. The van der Waals surface area contributed by atoms with Crippen LogP contribution >= 0.6 is 0 Å². The van der Waals surface area contributed by atoms with Gasteiger partial charge in [0.15, 0.2) is 0 Å². The van der Waals surface area contributed by atoms with Crippen LogP contribution in [0.3, 0.4) is 0 Å². The summed E-state index contributed by atoms with van der Waals surface area (Å²) in [5.41, 5.74) is -5.53. The van der Waals surface area contributed by atoms with Gasteiger partial charge in [0.25, 0.3) is 0 Å². The molecule has 0 N–H and O–H groups in total. The molecule has 0 bridgehead atoms. The molecule has 3 unspecified atom stereocenters. The molecule has 0 aromatic carbocycles. The Morgan fingerprint density at radius 2 is 0.583 bits per heavy atom. The summed E-state index contributed by atoms with van der Waals surface area (Å²) in [5.74, 6) is 0. The maximum Gasteiger partial charge on any atom is 0.524 e. The van der Waals surface area contributed by atoms with Crippen LogP contribution in [-0.4, -0.2) is 104 Å². The zero-order chi connectivity index (χ0) is 36.5. The third kappa shape index (κ3) is 9.52. The van der Waals surface area contributed by atoms with Crippen LogP contribution in [0.1, 0.15) is 115 Å².